The number of ether oxygens (including phenoxy) is 2. The van der Waals surface area contributed by atoms with Crippen LogP contribution in [0.2, 0.25) is 0 Å². The van der Waals surface area contributed by atoms with Gasteiger partial charge in [-0.3, -0.25) is 15.2 Å². The molecule has 0 bridgehead atoms. The van der Waals surface area contributed by atoms with E-state index in [0.29, 0.717) is 22.9 Å². The van der Waals surface area contributed by atoms with Crippen molar-refractivity contribution in [3.8, 4) is 17.3 Å². The molecule has 7 rings (SSSR count). The number of anilines is 2. The van der Waals surface area contributed by atoms with Gasteiger partial charge in [0.1, 0.15) is 22.2 Å². The Bertz CT molecular complexity index is 1910. The average Bonchev–Trinajstić information content (AvgIpc) is 3.77. The van der Waals surface area contributed by atoms with Gasteiger partial charge in [-0.25, -0.2) is 23.5 Å². The Morgan fingerprint density at radius 3 is 2.63 bits per heavy atom. The number of amides is 1. The molecule has 3 aliphatic heterocycles. The minimum absolute atomic E-state index is 0.0320. The predicted molar refractivity (Wildman–Crippen MR) is 171 cm³/mol. The lowest BCUT2D eigenvalue weighted by Crippen LogP contribution is -2.49. The zero-order valence-electron chi connectivity index (χ0n) is 26.1. The Kier molecular flexibility index (Phi) is 7.75. The summed E-state index contributed by atoms with van der Waals surface area (Å²) in [5.74, 6) is -0.892. The number of fused-ring (bicyclic) bond motifs is 4. The van der Waals surface area contributed by atoms with Gasteiger partial charge in [0.05, 0.1) is 35.4 Å². The largest absolute Gasteiger partial charge is 0.444 e. The smallest absolute Gasteiger partial charge is 0.412 e. The zero-order chi connectivity index (χ0) is 32.3. The summed E-state index contributed by atoms with van der Waals surface area (Å²) in [5, 5.41) is 13.5. The number of carbonyl (C=O) groups excluding carboxylic acids is 1. The highest BCUT2D eigenvalue weighted by Gasteiger charge is 2.33. The molecule has 14 heteroatoms. The lowest BCUT2D eigenvalue weighted by atomic mass is 9.94. The van der Waals surface area contributed by atoms with E-state index in [1.54, 1.807) is 27.0 Å². The molecule has 3 aliphatic rings. The Labute approximate surface area is 268 Å². The number of carbonyl (C=O) groups is 1. The molecule has 0 spiro atoms. The van der Waals surface area contributed by atoms with Crippen molar-refractivity contribution in [3.63, 3.8) is 0 Å². The number of halogens is 2. The summed E-state index contributed by atoms with van der Waals surface area (Å²) in [6, 6.07) is 2.45. The fourth-order valence-corrected chi connectivity index (χ4v) is 7.60. The number of aromatic nitrogens is 3. The Morgan fingerprint density at radius 1 is 1.13 bits per heavy atom. The molecule has 0 aliphatic carbocycles. The van der Waals surface area contributed by atoms with Crippen LogP contribution in [0.5, 0.6) is 0 Å². The topological polar surface area (TPSA) is 120 Å². The molecule has 1 aromatic carbocycles. The number of nitrogens with zero attached hydrogens (tertiary/aromatic N) is 7. The lowest BCUT2D eigenvalue weighted by Gasteiger charge is -2.36. The van der Waals surface area contributed by atoms with Crippen LogP contribution in [0.1, 0.15) is 43.9 Å². The number of thiophene rings is 1. The normalized spacial score (nSPS) is 19.2. The van der Waals surface area contributed by atoms with Crippen molar-refractivity contribution in [2.75, 3.05) is 56.5 Å². The first-order valence-corrected chi connectivity index (χ1v) is 16.1. The van der Waals surface area contributed by atoms with Crippen LogP contribution in [-0.4, -0.2) is 88.8 Å². The van der Waals surface area contributed by atoms with Gasteiger partial charge in [0.15, 0.2) is 11.6 Å². The van der Waals surface area contributed by atoms with Crippen LogP contribution in [0.25, 0.3) is 32.2 Å². The number of likely N-dealkylation sites (N-methyl/N-ethyl adjacent to an activating group) is 1. The fraction of sp³-hybridized carbons (Fsp3) is 0.469. The van der Waals surface area contributed by atoms with E-state index >= 15 is 8.78 Å². The van der Waals surface area contributed by atoms with Crippen molar-refractivity contribution in [2.45, 2.75) is 52.0 Å². The number of rotatable bonds is 4. The standard InChI is InChI=1S/C32H34F2N8O3S/c1-32(2,3)45-31(43)39-29-18(11-35)24-27(36-13-22(33)28(24)46-29)23-21-16-44-15-20(21)19-12-37-30(38-26(19)25(23)34)42-6-5-17(14-42)41-9-7-40(4)8-10-41/h12-13,17H,5-10,14-16H2,1-4H3,(H,39,43)/t17-/m1/s1. The highest BCUT2D eigenvalue weighted by Crippen LogP contribution is 2.46. The number of nitrogens with one attached hydrogen (secondary N) is 1. The van der Waals surface area contributed by atoms with Crippen LogP contribution < -0.4 is 10.2 Å². The van der Waals surface area contributed by atoms with Crippen molar-refractivity contribution in [1.29, 1.82) is 5.26 Å². The summed E-state index contributed by atoms with van der Waals surface area (Å²) in [6.07, 6.45) is 2.84. The maximum absolute atomic E-state index is 16.9. The van der Waals surface area contributed by atoms with Gasteiger partial charge in [-0.1, -0.05) is 0 Å². The number of pyridine rings is 1. The van der Waals surface area contributed by atoms with Gasteiger partial charge in [0, 0.05) is 67.8 Å². The summed E-state index contributed by atoms with van der Waals surface area (Å²) in [7, 11) is 2.14. The van der Waals surface area contributed by atoms with E-state index in [4.69, 9.17) is 14.5 Å². The molecule has 0 saturated carbocycles. The highest BCUT2D eigenvalue weighted by atomic mass is 32.1. The van der Waals surface area contributed by atoms with E-state index in [-0.39, 0.29) is 50.6 Å². The Balaban J connectivity index is 1.31. The van der Waals surface area contributed by atoms with Gasteiger partial charge in [-0.15, -0.1) is 11.3 Å². The first-order valence-electron chi connectivity index (χ1n) is 15.3. The van der Waals surface area contributed by atoms with E-state index < -0.39 is 23.3 Å². The third kappa shape index (κ3) is 5.41. The molecular weight excluding hydrogens is 614 g/mol. The molecular formula is C32H34F2N8O3S. The second-order valence-electron chi connectivity index (χ2n) is 13.0. The summed E-state index contributed by atoms with van der Waals surface area (Å²) < 4.78 is 43.3. The van der Waals surface area contributed by atoms with Crippen LogP contribution in [0.4, 0.5) is 24.5 Å². The molecule has 0 unspecified atom stereocenters. The number of hydrogen-bond acceptors (Lipinski definition) is 11. The molecule has 46 heavy (non-hydrogen) atoms. The van der Waals surface area contributed by atoms with Gasteiger partial charge in [0.2, 0.25) is 5.95 Å². The van der Waals surface area contributed by atoms with E-state index in [2.05, 4.69) is 43.1 Å². The molecule has 1 atom stereocenters. The van der Waals surface area contributed by atoms with Gasteiger partial charge >= 0.3 is 6.09 Å². The number of nitriles is 1. The van der Waals surface area contributed by atoms with Crippen LogP contribution in [0, 0.1) is 23.0 Å². The first kappa shape index (κ1) is 30.6. The van der Waals surface area contributed by atoms with E-state index in [1.165, 1.54) is 0 Å². The number of hydrogen-bond donors (Lipinski definition) is 1. The predicted octanol–water partition coefficient (Wildman–Crippen LogP) is 5.26. The van der Waals surface area contributed by atoms with Gasteiger partial charge in [-0.05, 0) is 45.4 Å². The average molecular weight is 649 g/mol. The van der Waals surface area contributed by atoms with Gasteiger partial charge in [0.25, 0.3) is 0 Å². The number of benzene rings is 1. The molecule has 11 nitrogen and oxygen atoms in total. The molecule has 1 N–H and O–H groups in total. The molecule has 240 valence electrons. The number of piperazine rings is 1. The highest BCUT2D eigenvalue weighted by molar-refractivity contribution is 7.23. The molecule has 2 saturated heterocycles. The summed E-state index contributed by atoms with van der Waals surface area (Å²) in [4.78, 5) is 33.3. The van der Waals surface area contributed by atoms with Crippen molar-refractivity contribution < 1.29 is 23.0 Å². The maximum Gasteiger partial charge on any atom is 0.412 e. The van der Waals surface area contributed by atoms with Crippen LogP contribution >= 0.6 is 11.3 Å². The van der Waals surface area contributed by atoms with Gasteiger partial charge < -0.3 is 19.3 Å². The molecule has 0 radical (unpaired) electrons. The van der Waals surface area contributed by atoms with E-state index in [0.717, 1.165) is 68.8 Å². The van der Waals surface area contributed by atoms with Crippen molar-refractivity contribution in [2.24, 2.45) is 0 Å². The first-order chi connectivity index (χ1) is 22.0. The van der Waals surface area contributed by atoms with Crippen LogP contribution in [-0.2, 0) is 22.7 Å². The third-order valence-electron chi connectivity index (χ3n) is 8.82. The van der Waals surface area contributed by atoms with Crippen LogP contribution in [0.3, 0.4) is 0 Å². The zero-order valence-corrected chi connectivity index (χ0v) is 26.9. The monoisotopic (exact) mass is 648 g/mol. The summed E-state index contributed by atoms with van der Waals surface area (Å²) >= 11 is 0.870. The van der Waals surface area contributed by atoms with Crippen molar-refractivity contribution in [3.05, 3.63) is 40.7 Å². The minimum atomic E-state index is -0.794. The molecule has 3 aromatic heterocycles. The van der Waals surface area contributed by atoms with E-state index in [9.17, 15) is 10.1 Å². The van der Waals surface area contributed by atoms with Crippen molar-refractivity contribution in [1.82, 2.24) is 24.8 Å². The fourth-order valence-electron chi connectivity index (χ4n) is 6.56. The second-order valence-corrected chi connectivity index (χ2v) is 14.0. The Morgan fingerprint density at radius 2 is 1.89 bits per heavy atom. The summed E-state index contributed by atoms with van der Waals surface area (Å²) in [5.41, 5.74) is 0.762. The minimum Gasteiger partial charge on any atom is -0.444 e. The van der Waals surface area contributed by atoms with E-state index in [1.807, 2.05) is 0 Å². The SMILES string of the molecule is CN1CCN([C@@H]2CCN(c3ncc4c5c(c(-c6ncc(F)c7sc(NC(=O)OC(C)(C)C)c(C#N)c67)c(F)c4n3)COC5)C2)CC1. The lowest BCUT2D eigenvalue weighted by molar-refractivity contribution is 0.0636. The second kappa shape index (κ2) is 11.6. The molecule has 2 fully saturated rings. The molecule has 1 amide bonds. The molecule has 6 heterocycles. The third-order valence-corrected chi connectivity index (χ3v) is 9.93. The van der Waals surface area contributed by atoms with Gasteiger partial charge in [-0.2, -0.15) is 5.26 Å². The summed E-state index contributed by atoms with van der Waals surface area (Å²) in [6.45, 7) is 11.1. The Hall–Kier alpha value is -4.03. The maximum atomic E-state index is 16.9. The van der Waals surface area contributed by atoms with Crippen molar-refractivity contribution >= 4 is 49.4 Å². The van der Waals surface area contributed by atoms with Crippen LogP contribution in [0.15, 0.2) is 12.4 Å². The quantitative estimate of drug-likeness (QED) is 0.314. The molecule has 4 aromatic rings.